The second kappa shape index (κ2) is 9.64. The van der Waals surface area contributed by atoms with Gasteiger partial charge in [-0.25, -0.2) is 4.79 Å². The van der Waals surface area contributed by atoms with Crippen LogP contribution in [0.1, 0.15) is 66.7 Å². The molecule has 0 aliphatic rings. The molecule has 0 aromatic rings. The van der Waals surface area contributed by atoms with Crippen molar-refractivity contribution < 1.29 is 14.7 Å². The lowest BCUT2D eigenvalue weighted by molar-refractivity contribution is -0.149. The maximum atomic E-state index is 11.8. The Bertz CT molecular complexity index is 325. The van der Waals surface area contributed by atoms with Crippen molar-refractivity contribution in [2.24, 2.45) is 11.3 Å². The molecule has 0 saturated heterocycles. The number of hydrogen-bond acceptors (Lipinski definition) is 2. The zero-order valence-electron chi connectivity index (χ0n) is 14.2. The Morgan fingerprint density at radius 1 is 1.10 bits per heavy atom. The maximum Gasteiger partial charge on any atom is 0.315 e. The van der Waals surface area contributed by atoms with E-state index >= 15 is 0 Å². The summed E-state index contributed by atoms with van der Waals surface area (Å²) in [5.74, 6) is -0.172. The Morgan fingerprint density at radius 2 is 1.67 bits per heavy atom. The molecule has 1 atom stereocenters. The lowest BCUT2D eigenvalue weighted by Crippen LogP contribution is -2.47. The molecule has 5 heteroatoms. The Hall–Kier alpha value is -1.26. The largest absolute Gasteiger partial charge is 0.481 e. The molecular weight excluding hydrogens is 268 g/mol. The van der Waals surface area contributed by atoms with Gasteiger partial charge in [-0.1, -0.05) is 40.5 Å². The van der Waals surface area contributed by atoms with Gasteiger partial charge in [0, 0.05) is 12.6 Å². The number of nitrogens with one attached hydrogen (secondary N) is 2. The fourth-order valence-corrected chi connectivity index (χ4v) is 2.31. The van der Waals surface area contributed by atoms with E-state index in [-0.39, 0.29) is 18.6 Å². The minimum atomic E-state index is -0.863. The summed E-state index contributed by atoms with van der Waals surface area (Å²) in [6.45, 7) is 10.2. The number of hydrogen-bond donors (Lipinski definition) is 3. The summed E-state index contributed by atoms with van der Waals surface area (Å²) >= 11 is 0. The van der Waals surface area contributed by atoms with Crippen LogP contribution >= 0.6 is 0 Å². The van der Waals surface area contributed by atoms with E-state index in [2.05, 4.69) is 24.5 Å². The highest BCUT2D eigenvalue weighted by atomic mass is 16.4. The number of rotatable bonds is 10. The van der Waals surface area contributed by atoms with Crippen LogP contribution in [0, 0.1) is 11.3 Å². The molecule has 2 amide bonds. The van der Waals surface area contributed by atoms with Crippen molar-refractivity contribution in [1.29, 1.82) is 0 Å². The van der Waals surface area contributed by atoms with E-state index in [9.17, 15) is 14.7 Å². The van der Waals surface area contributed by atoms with Crippen LogP contribution in [0.25, 0.3) is 0 Å². The molecule has 0 heterocycles. The first-order valence-corrected chi connectivity index (χ1v) is 8.05. The average molecular weight is 300 g/mol. The summed E-state index contributed by atoms with van der Waals surface area (Å²) in [7, 11) is 0. The van der Waals surface area contributed by atoms with Crippen LogP contribution < -0.4 is 10.6 Å². The number of aliphatic carboxylic acids is 1. The second-order valence-corrected chi connectivity index (χ2v) is 6.35. The maximum absolute atomic E-state index is 11.8. The molecule has 0 saturated carbocycles. The zero-order chi connectivity index (χ0) is 16.5. The number of carbonyl (C=O) groups is 2. The summed E-state index contributed by atoms with van der Waals surface area (Å²) in [5.41, 5.74) is -0.863. The van der Waals surface area contributed by atoms with Gasteiger partial charge in [0.25, 0.3) is 0 Å². The van der Waals surface area contributed by atoms with Gasteiger partial charge in [0.2, 0.25) is 0 Å². The Kier molecular flexibility index (Phi) is 9.06. The smallest absolute Gasteiger partial charge is 0.315 e. The zero-order valence-corrected chi connectivity index (χ0v) is 14.2. The fourth-order valence-electron chi connectivity index (χ4n) is 2.31. The summed E-state index contributed by atoms with van der Waals surface area (Å²) in [4.78, 5) is 23.2. The number of urea groups is 1. The number of carbonyl (C=O) groups excluding carboxylic acids is 1. The molecule has 21 heavy (non-hydrogen) atoms. The van der Waals surface area contributed by atoms with Gasteiger partial charge >= 0.3 is 12.0 Å². The molecule has 0 aromatic heterocycles. The van der Waals surface area contributed by atoms with E-state index in [0.717, 1.165) is 19.3 Å². The summed E-state index contributed by atoms with van der Waals surface area (Å²) in [5, 5.41) is 14.9. The highest BCUT2D eigenvalue weighted by molar-refractivity contribution is 5.78. The van der Waals surface area contributed by atoms with Crippen LogP contribution in [-0.4, -0.2) is 29.7 Å². The summed E-state index contributed by atoms with van der Waals surface area (Å²) < 4.78 is 0. The normalized spacial score (nSPS) is 13.0. The molecule has 0 radical (unpaired) electrons. The molecule has 0 fully saturated rings. The Morgan fingerprint density at radius 3 is 2.10 bits per heavy atom. The number of carboxylic acid groups (broad SMARTS) is 1. The highest BCUT2D eigenvalue weighted by Gasteiger charge is 2.35. The van der Waals surface area contributed by atoms with Crippen LogP contribution in [0.3, 0.4) is 0 Å². The predicted octanol–water partition coefficient (Wildman–Crippen LogP) is 3.39. The van der Waals surface area contributed by atoms with E-state index in [1.807, 2.05) is 20.8 Å². The van der Waals surface area contributed by atoms with E-state index in [4.69, 9.17) is 0 Å². The molecule has 0 aliphatic heterocycles. The molecule has 0 aliphatic carbocycles. The minimum Gasteiger partial charge on any atom is -0.481 e. The van der Waals surface area contributed by atoms with Crippen LogP contribution in [0.15, 0.2) is 0 Å². The van der Waals surface area contributed by atoms with Gasteiger partial charge in [-0.15, -0.1) is 0 Å². The first-order valence-electron chi connectivity index (χ1n) is 8.05. The molecule has 3 N–H and O–H groups in total. The third kappa shape index (κ3) is 7.34. The molecule has 1 unspecified atom stereocenters. The number of amides is 2. The lowest BCUT2D eigenvalue weighted by atomic mass is 9.82. The van der Waals surface area contributed by atoms with Crippen molar-refractivity contribution in [1.82, 2.24) is 10.6 Å². The van der Waals surface area contributed by atoms with Gasteiger partial charge in [0.1, 0.15) is 0 Å². The van der Waals surface area contributed by atoms with E-state index in [1.54, 1.807) is 0 Å². The van der Waals surface area contributed by atoms with Crippen LogP contribution in [0.4, 0.5) is 4.79 Å². The van der Waals surface area contributed by atoms with E-state index < -0.39 is 11.4 Å². The van der Waals surface area contributed by atoms with Gasteiger partial charge in [-0.05, 0) is 32.1 Å². The lowest BCUT2D eigenvalue weighted by Gasteiger charge is -2.27. The first kappa shape index (κ1) is 19.7. The average Bonchev–Trinajstić information content (AvgIpc) is 2.39. The van der Waals surface area contributed by atoms with Gasteiger partial charge in [-0.3, -0.25) is 4.79 Å². The Balaban J connectivity index is 4.16. The topological polar surface area (TPSA) is 78.4 Å². The van der Waals surface area contributed by atoms with Crippen LogP contribution in [-0.2, 0) is 4.79 Å². The third-order valence-electron chi connectivity index (χ3n) is 4.19. The summed E-state index contributed by atoms with van der Waals surface area (Å²) in [6.07, 6.45) is 4.19. The fraction of sp³-hybridized carbons (Fsp3) is 0.875. The molecule has 0 rings (SSSR count). The van der Waals surface area contributed by atoms with Crippen molar-refractivity contribution in [2.75, 3.05) is 6.54 Å². The molecular formula is C16H32N2O3. The van der Waals surface area contributed by atoms with Gasteiger partial charge in [-0.2, -0.15) is 0 Å². The quantitative estimate of drug-likeness (QED) is 0.578. The SMILES string of the molecule is CCC(CC)(CNC(=O)NC(C)CCCC(C)C)C(=O)O. The standard InChI is InChI=1S/C16H32N2O3/c1-6-16(7-2,14(19)20)11-17-15(21)18-13(5)10-8-9-12(3)4/h12-13H,6-11H2,1-5H3,(H,19,20)(H2,17,18,21). The van der Waals surface area contributed by atoms with Crippen LogP contribution in [0.5, 0.6) is 0 Å². The molecule has 0 aromatic carbocycles. The summed E-state index contributed by atoms with van der Waals surface area (Å²) in [6, 6.07) is -0.175. The van der Waals surface area contributed by atoms with Crippen molar-refractivity contribution in [2.45, 2.75) is 72.8 Å². The van der Waals surface area contributed by atoms with Crippen molar-refractivity contribution in [3.8, 4) is 0 Å². The highest BCUT2D eigenvalue weighted by Crippen LogP contribution is 2.25. The molecule has 5 nitrogen and oxygen atoms in total. The third-order valence-corrected chi connectivity index (χ3v) is 4.19. The molecule has 124 valence electrons. The molecule has 0 bridgehead atoms. The minimum absolute atomic E-state index is 0.103. The molecule has 0 spiro atoms. The van der Waals surface area contributed by atoms with Crippen molar-refractivity contribution in [3.63, 3.8) is 0 Å². The van der Waals surface area contributed by atoms with Gasteiger partial charge in [0.15, 0.2) is 0 Å². The van der Waals surface area contributed by atoms with Crippen LogP contribution in [0.2, 0.25) is 0 Å². The number of carboxylic acids is 1. The van der Waals surface area contributed by atoms with Crippen molar-refractivity contribution in [3.05, 3.63) is 0 Å². The van der Waals surface area contributed by atoms with Gasteiger partial charge in [0.05, 0.1) is 5.41 Å². The first-order chi connectivity index (χ1) is 9.77. The predicted molar refractivity (Wildman–Crippen MR) is 85.3 cm³/mol. The van der Waals surface area contributed by atoms with Crippen molar-refractivity contribution >= 4 is 12.0 Å². The van der Waals surface area contributed by atoms with E-state index in [0.29, 0.717) is 18.8 Å². The Labute approximate surface area is 128 Å². The monoisotopic (exact) mass is 300 g/mol. The van der Waals surface area contributed by atoms with Gasteiger partial charge < -0.3 is 15.7 Å². The second-order valence-electron chi connectivity index (χ2n) is 6.35. The van der Waals surface area contributed by atoms with E-state index in [1.165, 1.54) is 0 Å².